The molecule has 0 unspecified atom stereocenters. The van der Waals surface area contributed by atoms with E-state index < -0.39 is 0 Å². The molecule has 1 aromatic carbocycles. The van der Waals surface area contributed by atoms with Crippen LogP contribution >= 0.6 is 11.6 Å². The maximum absolute atomic E-state index is 11.8. The quantitative estimate of drug-likeness (QED) is 0.770. The van der Waals surface area contributed by atoms with E-state index in [1.165, 1.54) is 0 Å². The first kappa shape index (κ1) is 11.3. The molecular formula is C10H12ClFO2. The molecule has 0 amide bonds. The number of hydrogen-bond acceptors (Lipinski definition) is 2. The van der Waals surface area contributed by atoms with Crippen molar-refractivity contribution in [2.24, 2.45) is 0 Å². The predicted molar refractivity (Wildman–Crippen MR) is 53.5 cm³/mol. The molecular weight excluding hydrogens is 207 g/mol. The van der Waals surface area contributed by atoms with E-state index >= 15 is 0 Å². The van der Waals surface area contributed by atoms with Gasteiger partial charge < -0.3 is 9.84 Å². The monoisotopic (exact) mass is 218 g/mol. The van der Waals surface area contributed by atoms with Gasteiger partial charge >= 0.3 is 0 Å². The molecule has 1 aromatic rings. The zero-order valence-corrected chi connectivity index (χ0v) is 8.43. The lowest BCUT2D eigenvalue weighted by Gasteiger charge is -2.06. The van der Waals surface area contributed by atoms with E-state index in [9.17, 15) is 4.39 Å². The summed E-state index contributed by atoms with van der Waals surface area (Å²) >= 11 is 5.83. The Bertz CT molecular complexity index is 291. The van der Waals surface area contributed by atoms with Gasteiger partial charge in [-0.1, -0.05) is 17.7 Å². The van der Waals surface area contributed by atoms with E-state index in [1.807, 2.05) is 0 Å². The minimum Gasteiger partial charge on any atom is -0.493 e. The molecule has 2 nitrogen and oxygen atoms in total. The smallest absolute Gasteiger partial charge is 0.120 e. The number of aliphatic hydroxyl groups is 1. The average Bonchev–Trinajstić information content (AvgIpc) is 2.18. The maximum Gasteiger partial charge on any atom is 0.120 e. The Morgan fingerprint density at radius 1 is 1.43 bits per heavy atom. The van der Waals surface area contributed by atoms with Crippen molar-refractivity contribution in [2.75, 3.05) is 13.3 Å². The van der Waals surface area contributed by atoms with Crippen molar-refractivity contribution in [1.82, 2.24) is 0 Å². The van der Waals surface area contributed by atoms with E-state index in [-0.39, 0.29) is 13.3 Å². The van der Waals surface area contributed by atoms with Crippen LogP contribution in [0.5, 0.6) is 5.75 Å². The summed E-state index contributed by atoms with van der Waals surface area (Å²) in [6, 6.07) is 5.01. The Morgan fingerprint density at radius 2 is 2.21 bits per heavy atom. The zero-order valence-electron chi connectivity index (χ0n) is 7.67. The second-order valence-electron chi connectivity index (χ2n) is 2.80. The number of halogens is 2. The Labute approximate surface area is 87.3 Å². The van der Waals surface area contributed by atoms with Gasteiger partial charge in [-0.2, -0.15) is 0 Å². The first-order valence-electron chi connectivity index (χ1n) is 4.36. The molecule has 0 fully saturated rings. The minimum absolute atomic E-state index is 0.0937. The minimum atomic E-state index is -0.386. The van der Waals surface area contributed by atoms with Crippen LogP contribution in [0.2, 0.25) is 5.02 Å². The number of aliphatic hydroxyl groups excluding tert-OH is 1. The zero-order chi connectivity index (χ0) is 10.4. The van der Waals surface area contributed by atoms with Crippen molar-refractivity contribution in [3.63, 3.8) is 0 Å². The summed E-state index contributed by atoms with van der Waals surface area (Å²) in [5, 5.41) is 9.31. The van der Waals surface area contributed by atoms with Crippen LogP contribution in [0.25, 0.3) is 0 Å². The van der Waals surface area contributed by atoms with Gasteiger partial charge in [-0.05, 0) is 17.7 Å². The summed E-state index contributed by atoms with van der Waals surface area (Å²) in [4.78, 5) is 0. The van der Waals surface area contributed by atoms with Gasteiger partial charge in [-0.15, -0.1) is 0 Å². The Morgan fingerprint density at radius 3 is 2.79 bits per heavy atom. The molecule has 1 N–H and O–H groups in total. The first-order valence-corrected chi connectivity index (χ1v) is 4.73. The highest BCUT2D eigenvalue weighted by atomic mass is 35.5. The molecule has 0 spiro atoms. The highest BCUT2D eigenvalue weighted by Gasteiger charge is 2.01. The molecule has 0 heterocycles. The lowest BCUT2D eigenvalue weighted by atomic mass is 10.2. The molecule has 0 aliphatic rings. The van der Waals surface area contributed by atoms with Crippen LogP contribution in [0.1, 0.15) is 12.0 Å². The van der Waals surface area contributed by atoms with Crippen LogP contribution in [-0.2, 0) is 6.61 Å². The van der Waals surface area contributed by atoms with Gasteiger partial charge in [-0.3, -0.25) is 4.39 Å². The highest BCUT2D eigenvalue weighted by molar-refractivity contribution is 6.31. The molecule has 0 saturated heterocycles. The van der Waals surface area contributed by atoms with Crippen molar-refractivity contribution in [3.8, 4) is 5.75 Å². The Hall–Kier alpha value is -0.800. The van der Waals surface area contributed by atoms with Gasteiger partial charge in [0.2, 0.25) is 0 Å². The number of rotatable bonds is 5. The Kier molecular flexibility index (Phi) is 4.70. The predicted octanol–water partition coefficient (Wildman–Crippen LogP) is 2.57. The number of alkyl halides is 1. The fraction of sp³-hybridized carbons (Fsp3) is 0.400. The molecule has 1 rings (SSSR count). The number of ether oxygens (including phenoxy) is 1. The van der Waals surface area contributed by atoms with Gasteiger partial charge in [0.25, 0.3) is 0 Å². The van der Waals surface area contributed by atoms with E-state index in [1.54, 1.807) is 18.2 Å². The summed E-state index contributed by atoms with van der Waals surface area (Å²) in [5.41, 5.74) is 0.657. The van der Waals surface area contributed by atoms with Crippen molar-refractivity contribution >= 4 is 11.6 Å². The van der Waals surface area contributed by atoms with Crippen LogP contribution in [0.4, 0.5) is 4.39 Å². The van der Waals surface area contributed by atoms with E-state index in [4.69, 9.17) is 21.4 Å². The van der Waals surface area contributed by atoms with Gasteiger partial charge in [0.15, 0.2) is 0 Å². The van der Waals surface area contributed by atoms with Gasteiger partial charge in [0.1, 0.15) is 5.75 Å². The van der Waals surface area contributed by atoms with Crippen LogP contribution in [-0.4, -0.2) is 18.4 Å². The van der Waals surface area contributed by atoms with E-state index in [0.717, 1.165) is 0 Å². The van der Waals surface area contributed by atoms with Crippen LogP contribution < -0.4 is 4.74 Å². The normalized spacial score (nSPS) is 10.2. The van der Waals surface area contributed by atoms with Crippen molar-refractivity contribution in [1.29, 1.82) is 0 Å². The summed E-state index contributed by atoms with van der Waals surface area (Å²) in [6.45, 7) is -0.142. The van der Waals surface area contributed by atoms with Gasteiger partial charge in [0, 0.05) is 11.4 Å². The largest absolute Gasteiger partial charge is 0.493 e. The summed E-state index contributed by atoms with van der Waals surface area (Å²) in [6.07, 6.45) is 0.374. The average molecular weight is 219 g/mol. The summed E-state index contributed by atoms with van der Waals surface area (Å²) in [5.74, 6) is 0.598. The maximum atomic E-state index is 11.8. The second kappa shape index (κ2) is 5.83. The third-order valence-corrected chi connectivity index (χ3v) is 2.09. The lowest BCUT2D eigenvalue weighted by Crippen LogP contribution is -1.98. The van der Waals surface area contributed by atoms with Crippen molar-refractivity contribution in [3.05, 3.63) is 28.8 Å². The van der Waals surface area contributed by atoms with Gasteiger partial charge in [-0.25, -0.2) is 0 Å². The van der Waals surface area contributed by atoms with Gasteiger partial charge in [0.05, 0.1) is 19.9 Å². The van der Waals surface area contributed by atoms with Crippen LogP contribution in [0, 0.1) is 0 Å². The fourth-order valence-corrected chi connectivity index (χ4v) is 1.22. The van der Waals surface area contributed by atoms with Crippen LogP contribution in [0.15, 0.2) is 18.2 Å². The standard InChI is InChI=1S/C10H12ClFO2/c11-10-6-9(14-5-1-4-12)3-2-8(10)7-13/h2-3,6,13H,1,4-5,7H2. The molecule has 78 valence electrons. The molecule has 0 radical (unpaired) electrons. The number of hydrogen-bond donors (Lipinski definition) is 1. The van der Waals surface area contributed by atoms with Crippen LogP contribution in [0.3, 0.4) is 0 Å². The molecule has 0 aromatic heterocycles. The third kappa shape index (κ3) is 3.16. The molecule has 0 aliphatic heterocycles. The second-order valence-corrected chi connectivity index (χ2v) is 3.21. The van der Waals surface area contributed by atoms with E-state index in [2.05, 4.69) is 0 Å². The molecule has 4 heteroatoms. The summed E-state index contributed by atoms with van der Waals surface area (Å²) in [7, 11) is 0. The first-order chi connectivity index (χ1) is 6.77. The Balaban J connectivity index is 2.57. The fourth-order valence-electron chi connectivity index (χ4n) is 0.991. The molecule has 14 heavy (non-hydrogen) atoms. The highest BCUT2D eigenvalue weighted by Crippen LogP contribution is 2.22. The van der Waals surface area contributed by atoms with Crippen molar-refractivity contribution < 1.29 is 14.2 Å². The lowest BCUT2D eigenvalue weighted by molar-refractivity contribution is 0.280. The van der Waals surface area contributed by atoms with E-state index in [0.29, 0.717) is 29.4 Å². The molecule has 0 aliphatic carbocycles. The molecule has 0 bridgehead atoms. The number of benzene rings is 1. The molecule has 0 saturated carbocycles. The topological polar surface area (TPSA) is 29.5 Å². The molecule has 0 atom stereocenters. The van der Waals surface area contributed by atoms with Crippen molar-refractivity contribution in [2.45, 2.75) is 13.0 Å². The SMILES string of the molecule is OCc1ccc(OCCCF)cc1Cl. The summed E-state index contributed by atoms with van der Waals surface area (Å²) < 4.78 is 17.0. The third-order valence-electron chi connectivity index (χ3n) is 1.74.